The minimum Gasteiger partial charge on any atom is -0.396 e. The molecule has 1 atom stereocenters. The first kappa shape index (κ1) is 17.8. The van der Waals surface area contributed by atoms with E-state index in [1.54, 1.807) is 14.2 Å². The van der Waals surface area contributed by atoms with Gasteiger partial charge in [0.05, 0.1) is 6.61 Å². The van der Waals surface area contributed by atoms with Crippen molar-refractivity contribution in [2.24, 2.45) is 0 Å². The summed E-state index contributed by atoms with van der Waals surface area (Å²) < 4.78 is 10.2. The standard InChI is InChI=1S/C13H30N2O3/c1-4-14-13(6-9-16)12-15(8-11-18-3)7-5-10-17-2/h13-14,16H,4-12H2,1-3H3. The number of ether oxygens (including phenoxy) is 2. The number of nitrogens with zero attached hydrogens (tertiary/aromatic N) is 1. The van der Waals surface area contributed by atoms with Gasteiger partial charge in [-0.15, -0.1) is 0 Å². The van der Waals surface area contributed by atoms with Gasteiger partial charge in [0.1, 0.15) is 0 Å². The Morgan fingerprint density at radius 2 is 1.89 bits per heavy atom. The molecule has 18 heavy (non-hydrogen) atoms. The molecule has 0 saturated heterocycles. The molecule has 0 aliphatic rings. The van der Waals surface area contributed by atoms with Crippen molar-refractivity contribution in [2.75, 3.05) is 60.2 Å². The fourth-order valence-electron chi connectivity index (χ4n) is 1.96. The minimum absolute atomic E-state index is 0.230. The number of likely N-dealkylation sites (N-methyl/N-ethyl adjacent to an activating group) is 1. The van der Waals surface area contributed by atoms with Crippen LogP contribution in [-0.2, 0) is 9.47 Å². The lowest BCUT2D eigenvalue weighted by Crippen LogP contribution is -2.43. The minimum atomic E-state index is 0.230. The van der Waals surface area contributed by atoms with E-state index in [1.807, 2.05) is 0 Å². The van der Waals surface area contributed by atoms with E-state index in [2.05, 4.69) is 17.1 Å². The van der Waals surface area contributed by atoms with Crippen molar-refractivity contribution >= 4 is 0 Å². The van der Waals surface area contributed by atoms with Gasteiger partial charge < -0.3 is 19.9 Å². The summed E-state index contributed by atoms with van der Waals surface area (Å²) in [5, 5.41) is 12.5. The number of hydrogen-bond acceptors (Lipinski definition) is 5. The van der Waals surface area contributed by atoms with Crippen LogP contribution in [0.3, 0.4) is 0 Å². The topological polar surface area (TPSA) is 54.0 Å². The first-order valence-electron chi connectivity index (χ1n) is 6.82. The predicted octanol–water partition coefficient (Wildman–Crippen LogP) is 0.332. The highest BCUT2D eigenvalue weighted by Crippen LogP contribution is 1.99. The van der Waals surface area contributed by atoms with Gasteiger partial charge in [-0.05, 0) is 19.4 Å². The second kappa shape index (κ2) is 13.2. The van der Waals surface area contributed by atoms with Crippen molar-refractivity contribution in [1.29, 1.82) is 0 Å². The van der Waals surface area contributed by atoms with Crippen molar-refractivity contribution in [3.63, 3.8) is 0 Å². The van der Waals surface area contributed by atoms with E-state index >= 15 is 0 Å². The fourth-order valence-corrected chi connectivity index (χ4v) is 1.96. The smallest absolute Gasteiger partial charge is 0.0589 e. The third kappa shape index (κ3) is 9.79. The molecule has 0 aliphatic carbocycles. The summed E-state index contributed by atoms with van der Waals surface area (Å²) in [5.41, 5.74) is 0. The average Bonchev–Trinajstić information content (AvgIpc) is 2.36. The lowest BCUT2D eigenvalue weighted by atomic mass is 10.2. The highest BCUT2D eigenvalue weighted by atomic mass is 16.5. The Morgan fingerprint density at radius 3 is 2.44 bits per heavy atom. The molecule has 2 N–H and O–H groups in total. The Bertz CT molecular complexity index is 164. The molecule has 1 unspecified atom stereocenters. The second-order valence-electron chi connectivity index (χ2n) is 4.41. The van der Waals surface area contributed by atoms with Gasteiger partial charge in [0, 0.05) is 53.1 Å². The van der Waals surface area contributed by atoms with Crippen LogP contribution >= 0.6 is 0 Å². The fraction of sp³-hybridized carbons (Fsp3) is 1.00. The Balaban J connectivity index is 4.06. The van der Waals surface area contributed by atoms with Crippen molar-refractivity contribution in [3.05, 3.63) is 0 Å². The van der Waals surface area contributed by atoms with Crippen LogP contribution in [0.2, 0.25) is 0 Å². The lowest BCUT2D eigenvalue weighted by molar-refractivity contribution is 0.122. The molecule has 0 aromatic rings. The molecule has 0 saturated carbocycles. The van der Waals surface area contributed by atoms with Crippen LogP contribution in [0.5, 0.6) is 0 Å². The molecule has 0 amide bonds. The van der Waals surface area contributed by atoms with Crippen molar-refractivity contribution in [3.8, 4) is 0 Å². The number of methoxy groups -OCH3 is 2. The monoisotopic (exact) mass is 262 g/mol. The summed E-state index contributed by atoms with van der Waals surface area (Å²) in [4.78, 5) is 2.37. The summed E-state index contributed by atoms with van der Waals surface area (Å²) in [7, 11) is 3.45. The number of rotatable bonds is 13. The largest absolute Gasteiger partial charge is 0.396 e. The molecule has 0 aliphatic heterocycles. The number of aliphatic hydroxyl groups excluding tert-OH is 1. The summed E-state index contributed by atoms with van der Waals surface area (Å²) >= 11 is 0. The molecule has 0 bridgehead atoms. The van der Waals surface area contributed by atoms with Crippen LogP contribution in [0.1, 0.15) is 19.8 Å². The van der Waals surface area contributed by atoms with Gasteiger partial charge in [0.2, 0.25) is 0 Å². The number of aliphatic hydroxyl groups is 1. The Kier molecular flexibility index (Phi) is 13.1. The quantitative estimate of drug-likeness (QED) is 0.469. The van der Waals surface area contributed by atoms with Gasteiger partial charge in [-0.25, -0.2) is 0 Å². The van der Waals surface area contributed by atoms with Gasteiger partial charge in [0.15, 0.2) is 0 Å². The van der Waals surface area contributed by atoms with Gasteiger partial charge in [-0.3, -0.25) is 4.90 Å². The van der Waals surface area contributed by atoms with Gasteiger partial charge in [0.25, 0.3) is 0 Å². The normalized spacial score (nSPS) is 13.2. The number of hydrogen-bond donors (Lipinski definition) is 2. The zero-order valence-corrected chi connectivity index (χ0v) is 12.2. The molecule has 110 valence electrons. The molecular formula is C13H30N2O3. The molecule has 5 nitrogen and oxygen atoms in total. The van der Waals surface area contributed by atoms with Gasteiger partial charge >= 0.3 is 0 Å². The van der Waals surface area contributed by atoms with Crippen LogP contribution in [0.15, 0.2) is 0 Å². The zero-order chi connectivity index (χ0) is 13.6. The average molecular weight is 262 g/mol. The third-order valence-corrected chi connectivity index (χ3v) is 2.88. The second-order valence-corrected chi connectivity index (χ2v) is 4.41. The van der Waals surface area contributed by atoms with E-state index in [1.165, 1.54) is 0 Å². The van der Waals surface area contributed by atoms with Crippen LogP contribution < -0.4 is 5.32 Å². The summed E-state index contributed by atoms with van der Waals surface area (Å²) in [6.45, 7) is 7.66. The summed E-state index contributed by atoms with van der Waals surface area (Å²) in [6, 6.07) is 0.347. The molecule has 0 radical (unpaired) electrons. The van der Waals surface area contributed by atoms with E-state index in [0.29, 0.717) is 6.04 Å². The first-order valence-corrected chi connectivity index (χ1v) is 6.82. The maximum atomic E-state index is 9.06. The molecular weight excluding hydrogens is 232 g/mol. The van der Waals surface area contributed by atoms with Crippen molar-refractivity contribution < 1.29 is 14.6 Å². The Hall–Kier alpha value is -0.200. The predicted molar refractivity (Wildman–Crippen MR) is 74.0 cm³/mol. The van der Waals surface area contributed by atoms with E-state index in [-0.39, 0.29) is 6.61 Å². The maximum Gasteiger partial charge on any atom is 0.0589 e. The molecule has 0 spiro atoms. The van der Waals surface area contributed by atoms with E-state index < -0.39 is 0 Å². The Labute approximate surface area is 111 Å². The SMILES string of the molecule is CCNC(CCO)CN(CCCOC)CCOC. The molecule has 0 rings (SSSR count). The zero-order valence-electron chi connectivity index (χ0n) is 12.2. The van der Waals surface area contributed by atoms with E-state index in [0.717, 1.165) is 52.2 Å². The first-order chi connectivity index (χ1) is 8.78. The van der Waals surface area contributed by atoms with Crippen molar-refractivity contribution in [2.45, 2.75) is 25.8 Å². The highest BCUT2D eigenvalue weighted by Gasteiger charge is 2.12. The van der Waals surface area contributed by atoms with Crippen molar-refractivity contribution in [1.82, 2.24) is 10.2 Å². The molecule has 0 heterocycles. The summed E-state index contributed by atoms with van der Waals surface area (Å²) in [5.74, 6) is 0. The Morgan fingerprint density at radius 1 is 1.17 bits per heavy atom. The van der Waals surface area contributed by atoms with Gasteiger partial charge in [-0.2, -0.15) is 0 Å². The third-order valence-electron chi connectivity index (χ3n) is 2.88. The highest BCUT2D eigenvalue weighted by molar-refractivity contribution is 4.71. The molecule has 0 fully saturated rings. The van der Waals surface area contributed by atoms with Crippen LogP contribution in [-0.4, -0.2) is 76.3 Å². The van der Waals surface area contributed by atoms with E-state index in [4.69, 9.17) is 14.6 Å². The number of nitrogens with one attached hydrogen (secondary N) is 1. The molecule has 0 aromatic carbocycles. The summed E-state index contributed by atoms with van der Waals surface area (Å²) in [6.07, 6.45) is 1.82. The molecule has 5 heteroatoms. The van der Waals surface area contributed by atoms with Gasteiger partial charge in [-0.1, -0.05) is 6.92 Å². The van der Waals surface area contributed by atoms with Crippen LogP contribution in [0.25, 0.3) is 0 Å². The van der Waals surface area contributed by atoms with Crippen LogP contribution in [0, 0.1) is 0 Å². The maximum absolute atomic E-state index is 9.06. The van der Waals surface area contributed by atoms with E-state index in [9.17, 15) is 0 Å². The lowest BCUT2D eigenvalue weighted by Gasteiger charge is -2.27. The molecule has 0 aromatic heterocycles. The van der Waals surface area contributed by atoms with Crippen LogP contribution in [0.4, 0.5) is 0 Å².